The van der Waals surface area contributed by atoms with E-state index in [4.69, 9.17) is 0 Å². The van der Waals surface area contributed by atoms with E-state index in [1.54, 1.807) is 5.36 Å². The zero-order valence-electron chi connectivity index (χ0n) is 2.36. The molecule has 0 nitrogen and oxygen atoms in total. The van der Waals surface area contributed by atoms with Gasteiger partial charge in [-0.1, -0.05) is 0 Å². The van der Waals surface area contributed by atoms with Crippen molar-refractivity contribution < 1.29 is 0 Å². The first-order valence-corrected chi connectivity index (χ1v) is 1.67. The van der Waals surface area contributed by atoms with Crippen LogP contribution in [-0.4, -0.2) is 18.8 Å². The van der Waals surface area contributed by atoms with Crippen LogP contribution in [0.15, 0.2) is 0 Å². The van der Waals surface area contributed by atoms with Gasteiger partial charge in [0.05, 0.1) is 0 Å². The summed E-state index contributed by atoms with van der Waals surface area (Å²) in [7, 11) is 0. The molecule has 0 unspecified atom stereocenters. The molecule has 0 bridgehead atoms. The van der Waals surface area contributed by atoms with Gasteiger partial charge in [-0.15, -0.1) is 0 Å². The Morgan fingerprint density at radius 1 is 2.00 bits per heavy atom. The van der Waals surface area contributed by atoms with Gasteiger partial charge in [-0.05, 0) is 0 Å². The summed E-state index contributed by atoms with van der Waals surface area (Å²) in [4.78, 5) is 0. The Kier molecular flexibility index (Phi) is 0.0675. The van der Waals surface area contributed by atoms with E-state index in [1.807, 2.05) is 0 Å². The van der Waals surface area contributed by atoms with Crippen LogP contribution in [-0.2, 0) is 0 Å². The molecule has 0 atom stereocenters. The molecule has 0 aromatic heterocycles. The van der Waals surface area contributed by atoms with E-state index in [0.717, 1.165) is 6.60 Å². The minimum absolute atomic E-state index is 1.04. The number of rotatable bonds is 0. The molecule has 16 valence electrons. The molecular weight excluding hydrogens is 45.6 g/mol. The van der Waals surface area contributed by atoms with Crippen molar-refractivity contribution in [2.45, 2.75) is 6.32 Å². The van der Waals surface area contributed by atoms with Crippen LogP contribution in [0.1, 0.15) is 0 Å². The molecule has 1 saturated heterocycles. The van der Waals surface area contributed by atoms with Gasteiger partial charge in [-0.3, -0.25) is 0 Å². The van der Waals surface area contributed by atoms with Crippen molar-refractivity contribution in [3.05, 3.63) is 0 Å². The molecule has 1 fully saturated rings. The van der Waals surface area contributed by atoms with Gasteiger partial charge in [0.25, 0.3) is 0 Å². The fraction of sp³-hybridized carbons (Fsp3) is 0.500. The fourth-order valence-corrected chi connectivity index (χ4v) is 0.372. The summed E-state index contributed by atoms with van der Waals surface area (Å²) in [5.41, 5.74) is 0. The van der Waals surface area contributed by atoms with Crippen molar-refractivity contribution in [2.24, 2.45) is 0 Å². The normalized spacial score (nSPS) is 26.0. The SMILES string of the molecule is B1=C2CB12. The first-order valence-electron chi connectivity index (χ1n) is 1.67. The molecular formula is C2H2B2. The molecule has 4 heavy (non-hydrogen) atoms. The van der Waals surface area contributed by atoms with Gasteiger partial charge in [0.2, 0.25) is 0 Å². The van der Waals surface area contributed by atoms with Gasteiger partial charge in [0.15, 0.2) is 0 Å². The standard InChI is InChI=1S/C2H2B2/c1-2-3-4(1)2/h1H2. The Morgan fingerprint density at radius 2 is 2.25 bits per heavy atom. The number of hydrogen-bond acceptors (Lipinski definition) is 0. The van der Waals surface area contributed by atoms with Crippen molar-refractivity contribution in [3.8, 4) is 0 Å². The second-order valence-corrected chi connectivity index (χ2v) is 1.55. The Bertz CT molecular complexity index is 84.0. The van der Waals surface area contributed by atoms with Crippen LogP contribution in [0.25, 0.3) is 0 Å². The average Bonchev–Trinajstić information content (AvgIpc) is 1.36. The van der Waals surface area contributed by atoms with Crippen LogP contribution in [0.5, 0.6) is 0 Å². The predicted molar refractivity (Wildman–Crippen MR) is 21.3 cm³/mol. The van der Waals surface area contributed by atoms with Crippen molar-refractivity contribution in [3.63, 3.8) is 0 Å². The molecule has 0 amide bonds. The van der Waals surface area contributed by atoms with E-state index in [-0.39, 0.29) is 0 Å². The Balaban J connectivity index is 2.85. The molecule has 0 aliphatic carbocycles. The van der Waals surface area contributed by atoms with E-state index in [9.17, 15) is 0 Å². The van der Waals surface area contributed by atoms with Crippen LogP contribution < -0.4 is 0 Å². The molecule has 2 aliphatic rings. The van der Waals surface area contributed by atoms with Gasteiger partial charge in [0.1, 0.15) is 0 Å². The second-order valence-electron chi connectivity index (χ2n) is 1.55. The molecule has 0 N–H and O–H groups in total. The molecule has 2 aliphatic heterocycles. The molecule has 0 radical (unpaired) electrons. The van der Waals surface area contributed by atoms with Crippen molar-refractivity contribution in [2.75, 3.05) is 0 Å². The van der Waals surface area contributed by atoms with Gasteiger partial charge in [-0.25, -0.2) is 0 Å². The predicted octanol–water partition coefficient (Wildman–Crippen LogP) is -0.579. The van der Waals surface area contributed by atoms with E-state index in [2.05, 4.69) is 6.81 Å². The van der Waals surface area contributed by atoms with Crippen molar-refractivity contribution >= 4 is 18.8 Å². The number of fused-ring (bicyclic) bond motifs is 1. The van der Waals surface area contributed by atoms with Gasteiger partial charge < -0.3 is 0 Å². The van der Waals surface area contributed by atoms with E-state index >= 15 is 0 Å². The summed E-state index contributed by atoms with van der Waals surface area (Å²) in [6.07, 6.45) is 1.44. The van der Waals surface area contributed by atoms with Gasteiger partial charge >= 0.3 is 25.1 Å². The molecule has 0 saturated carbocycles. The molecule has 2 rings (SSSR count). The van der Waals surface area contributed by atoms with Crippen LogP contribution in [0.4, 0.5) is 0 Å². The van der Waals surface area contributed by atoms with Gasteiger partial charge in [-0.2, -0.15) is 0 Å². The van der Waals surface area contributed by atoms with Crippen LogP contribution in [0, 0.1) is 0 Å². The molecule has 2 heterocycles. The topological polar surface area (TPSA) is 0 Å². The van der Waals surface area contributed by atoms with Crippen molar-refractivity contribution in [1.29, 1.82) is 0 Å². The third-order valence-corrected chi connectivity index (χ3v) is 1.08. The van der Waals surface area contributed by atoms with E-state index in [1.165, 1.54) is 6.32 Å². The van der Waals surface area contributed by atoms with Crippen LogP contribution >= 0.6 is 0 Å². The van der Waals surface area contributed by atoms with Gasteiger partial charge in [0, 0.05) is 0 Å². The zero-order valence-corrected chi connectivity index (χ0v) is 2.36. The summed E-state index contributed by atoms with van der Waals surface area (Å²) in [6.45, 7) is 3.35. The zero-order chi connectivity index (χ0) is 2.57. The summed E-state index contributed by atoms with van der Waals surface area (Å²) >= 11 is 0. The minimum atomic E-state index is 1.04. The molecule has 2 heteroatoms. The fourth-order valence-electron chi connectivity index (χ4n) is 0.372. The Labute approximate surface area is 26.2 Å². The maximum atomic E-state index is 2.31. The Hall–Kier alpha value is -0.000130. The molecule has 0 spiro atoms. The van der Waals surface area contributed by atoms with E-state index in [0.29, 0.717) is 0 Å². The summed E-state index contributed by atoms with van der Waals surface area (Å²) in [5, 5.41) is 1.71. The second kappa shape index (κ2) is 0.187. The molecule has 0 aromatic rings. The third-order valence-electron chi connectivity index (χ3n) is 1.08. The summed E-state index contributed by atoms with van der Waals surface area (Å²) in [5.74, 6) is 0. The first kappa shape index (κ1) is 1.44. The maximum absolute atomic E-state index is 2.31. The number of hydrogen-bond donors (Lipinski definition) is 0. The van der Waals surface area contributed by atoms with Crippen molar-refractivity contribution in [1.82, 2.24) is 0 Å². The summed E-state index contributed by atoms with van der Waals surface area (Å²) in [6, 6.07) is 0. The first-order chi connectivity index (χ1) is 1.97. The monoisotopic (exact) mass is 48.0 g/mol. The Morgan fingerprint density at radius 3 is 2.25 bits per heavy atom. The quantitative estimate of drug-likeness (QED) is 0.321. The van der Waals surface area contributed by atoms with Crippen LogP contribution in [0.2, 0.25) is 6.32 Å². The summed E-state index contributed by atoms with van der Waals surface area (Å²) < 4.78 is 0. The van der Waals surface area contributed by atoms with Crippen LogP contribution in [0.3, 0.4) is 0 Å². The average molecular weight is 47.7 g/mol. The molecule has 0 aromatic carbocycles. The third kappa shape index (κ3) is 0.0312. The van der Waals surface area contributed by atoms with E-state index < -0.39 is 0 Å².